The highest BCUT2D eigenvalue weighted by atomic mass is 79.9. The third-order valence-electron chi connectivity index (χ3n) is 3.79. The van der Waals surface area contributed by atoms with Gasteiger partial charge in [0, 0.05) is 23.3 Å². The lowest BCUT2D eigenvalue weighted by molar-refractivity contribution is 0.0930. The second-order valence-electron chi connectivity index (χ2n) is 5.57. The van der Waals surface area contributed by atoms with E-state index >= 15 is 0 Å². The molecule has 1 aromatic carbocycles. The molecule has 1 aliphatic rings. The highest BCUT2D eigenvalue weighted by Gasteiger charge is 2.32. The predicted molar refractivity (Wildman–Crippen MR) is 91.5 cm³/mol. The van der Waals surface area contributed by atoms with E-state index in [4.69, 9.17) is 10.5 Å². The van der Waals surface area contributed by atoms with Crippen LogP contribution in [0.15, 0.2) is 47.1 Å². The van der Waals surface area contributed by atoms with Gasteiger partial charge in [0.05, 0.1) is 0 Å². The Morgan fingerprint density at radius 3 is 2.91 bits per heavy atom. The van der Waals surface area contributed by atoms with E-state index in [0.29, 0.717) is 23.8 Å². The lowest BCUT2D eigenvalue weighted by Crippen LogP contribution is -2.41. The number of carbonyl (C=O) groups is 1. The van der Waals surface area contributed by atoms with Gasteiger partial charge in [0.25, 0.3) is 5.91 Å². The summed E-state index contributed by atoms with van der Waals surface area (Å²) in [6, 6.07) is 10.8. The molecule has 5 nitrogen and oxygen atoms in total. The highest BCUT2D eigenvalue weighted by molar-refractivity contribution is 9.10. The standard InChI is InChI=1S/C17H18BrN3O2/c18-12-3-1-4-13(9-12)23-17-14(5-2-8-20-17)16(22)21-15(10-19)11-6-7-11/h1-5,8-9,11,15H,6-7,10,19H2,(H,21,22). The van der Waals surface area contributed by atoms with Crippen LogP contribution in [0.2, 0.25) is 0 Å². The van der Waals surface area contributed by atoms with Gasteiger partial charge < -0.3 is 15.8 Å². The normalized spacial score (nSPS) is 15.0. The third-order valence-corrected chi connectivity index (χ3v) is 4.28. The molecule has 0 saturated heterocycles. The van der Waals surface area contributed by atoms with Crippen molar-refractivity contribution in [3.05, 3.63) is 52.6 Å². The second-order valence-corrected chi connectivity index (χ2v) is 6.48. The quantitative estimate of drug-likeness (QED) is 0.812. The average molecular weight is 376 g/mol. The van der Waals surface area contributed by atoms with Crippen LogP contribution in [0.5, 0.6) is 11.6 Å². The first-order chi connectivity index (χ1) is 11.2. The van der Waals surface area contributed by atoms with Crippen molar-refractivity contribution in [1.29, 1.82) is 0 Å². The van der Waals surface area contributed by atoms with Crippen molar-refractivity contribution < 1.29 is 9.53 Å². The largest absolute Gasteiger partial charge is 0.438 e. The predicted octanol–water partition coefficient (Wildman–Crippen LogP) is 3.10. The average Bonchev–Trinajstić information content (AvgIpc) is 3.38. The minimum absolute atomic E-state index is 0.0152. The SMILES string of the molecule is NCC(NC(=O)c1cccnc1Oc1cccc(Br)c1)C1CC1. The summed E-state index contributed by atoms with van der Waals surface area (Å²) in [7, 11) is 0. The van der Waals surface area contributed by atoms with Gasteiger partial charge in [0.2, 0.25) is 5.88 Å². The van der Waals surface area contributed by atoms with E-state index in [9.17, 15) is 4.79 Å². The number of nitrogens with zero attached hydrogens (tertiary/aromatic N) is 1. The Kier molecular flexibility index (Phi) is 4.93. The molecule has 1 heterocycles. The molecule has 6 heteroatoms. The lowest BCUT2D eigenvalue weighted by atomic mass is 10.1. The molecule has 1 aromatic heterocycles. The maximum absolute atomic E-state index is 12.5. The fraction of sp³-hybridized carbons (Fsp3) is 0.294. The summed E-state index contributed by atoms with van der Waals surface area (Å²) in [5, 5.41) is 2.99. The molecule has 0 aliphatic heterocycles. The number of amides is 1. The van der Waals surface area contributed by atoms with E-state index in [1.807, 2.05) is 24.3 Å². The molecule has 1 atom stereocenters. The van der Waals surface area contributed by atoms with Gasteiger partial charge in [-0.15, -0.1) is 0 Å². The molecule has 0 radical (unpaired) electrons. The van der Waals surface area contributed by atoms with Crippen LogP contribution in [0, 0.1) is 5.92 Å². The molecule has 1 aliphatic carbocycles. The summed E-state index contributed by atoms with van der Waals surface area (Å²) in [5.74, 6) is 1.19. The minimum Gasteiger partial charge on any atom is -0.438 e. The zero-order chi connectivity index (χ0) is 16.2. The van der Waals surface area contributed by atoms with Crippen molar-refractivity contribution in [3.8, 4) is 11.6 Å². The van der Waals surface area contributed by atoms with Crippen LogP contribution in [0.3, 0.4) is 0 Å². The van der Waals surface area contributed by atoms with Gasteiger partial charge in [-0.05, 0) is 49.1 Å². The van der Waals surface area contributed by atoms with E-state index in [1.54, 1.807) is 18.3 Å². The van der Waals surface area contributed by atoms with Crippen LogP contribution in [0.1, 0.15) is 23.2 Å². The molecule has 120 valence electrons. The number of nitrogens with one attached hydrogen (secondary N) is 1. The van der Waals surface area contributed by atoms with Gasteiger partial charge >= 0.3 is 0 Å². The zero-order valence-electron chi connectivity index (χ0n) is 12.5. The first kappa shape index (κ1) is 16.0. The first-order valence-corrected chi connectivity index (χ1v) is 8.36. The first-order valence-electron chi connectivity index (χ1n) is 7.56. The zero-order valence-corrected chi connectivity index (χ0v) is 14.1. The van der Waals surface area contributed by atoms with Crippen molar-refractivity contribution >= 4 is 21.8 Å². The van der Waals surface area contributed by atoms with Crippen molar-refractivity contribution in [2.75, 3.05) is 6.54 Å². The number of carbonyl (C=O) groups excluding carboxylic acids is 1. The van der Waals surface area contributed by atoms with Gasteiger partial charge in [0.1, 0.15) is 11.3 Å². The highest BCUT2D eigenvalue weighted by Crippen LogP contribution is 2.32. The van der Waals surface area contributed by atoms with Crippen molar-refractivity contribution in [2.24, 2.45) is 11.7 Å². The van der Waals surface area contributed by atoms with E-state index < -0.39 is 0 Å². The Hall–Kier alpha value is -1.92. The maximum Gasteiger partial charge on any atom is 0.257 e. The fourth-order valence-corrected chi connectivity index (χ4v) is 2.78. The molecule has 1 amide bonds. The van der Waals surface area contributed by atoms with Crippen LogP contribution in [-0.4, -0.2) is 23.5 Å². The number of hydrogen-bond acceptors (Lipinski definition) is 4. The van der Waals surface area contributed by atoms with Gasteiger partial charge in [-0.25, -0.2) is 4.98 Å². The van der Waals surface area contributed by atoms with Gasteiger partial charge in [0.15, 0.2) is 0 Å². The van der Waals surface area contributed by atoms with Crippen molar-refractivity contribution in [3.63, 3.8) is 0 Å². The van der Waals surface area contributed by atoms with E-state index in [1.165, 1.54) is 0 Å². The number of aromatic nitrogens is 1. The number of pyridine rings is 1. The molecule has 1 saturated carbocycles. The molecular formula is C17H18BrN3O2. The fourth-order valence-electron chi connectivity index (χ4n) is 2.40. The van der Waals surface area contributed by atoms with Crippen LogP contribution >= 0.6 is 15.9 Å². The molecule has 0 bridgehead atoms. The minimum atomic E-state index is -0.203. The second kappa shape index (κ2) is 7.10. The van der Waals surface area contributed by atoms with E-state index in [-0.39, 0.29) is 17.8 Å². The molecule has 0 spiro atoms. The Morgan fingerprint density at radius 2 is 2.22 bits per heavy atom. The molecule has 3 N–H and O–H groups in total. The molecule has 1 fully saturated rings. The Balaban J connectivity index is 1.78. The summed E-state index contributed by atoms with van der Waals surface area (Å²) >= 11 is 3.39. The smallest absolute Gasteiger partial charge is 0.257 e. The number of benzene rings is 1. The maximum atomic E-state index is 12.5. The number of hydrogen-bond donors (Lipinski definition) is 2. The summed E-state index contributed by atoms with van der Waals surface area (Å²) < 4.78 is 6.67. The van der Waals surface area contributed by atoms with Gasteiger partial charge in [-0.2, -0.15) is 0 Å². The summed E-state index contributed by atoms with van der Waals surface area (Å²) in [6.07, 6.45) is 3.85. The van der Waals surface area contributed by atoms with Crippen LogP contribution in [0.4, 0.5) is 0 Å². The van der Waals surface area contributed by atoms with Crippen molar-refractivity contribution in [1.82, 2.24) is 10.3 Å². The number of ether oxygens (including phenoxy) is 1. The molecular weight excluding hydrogens is 358 g/mol. The molecule has 1 unspecified atom stereocenters. The molecule has 2 aromatic rings. The third kappa shape index (κ3) is 4.09. The summed E-state index contributed by atoms with van der Waals surface area (Å²) in [4.78, 5) is 16.7. The van der Waals surface area contributed by atoms with Gasteiger partial charge in [-0.3, -0.25) is 4.79 Å². The summed E-state index contributed by atoms with van der Waals surface area (Å²) in [5.41, 5.74) is 6.16. The van der Waals surface area contributed by atoms with Gasteiger partial charge in [-0.1, -0.05) is 22.0 Å². The van der Waals surface area contributed by atoms with Crippen LogP contribution in [-0.2, 0) is 0 Å². The number of rotatable bonds is 6. The van der Waals surface area contributed by atoms with Crippen LogP contribution < -0.4 is 15.8 Å². The molecule has 3 rings (SSSR count). The lowest BCUT2D eigenvalue weighted by Gasteiger charge is -2.17. The van der Waals surface area contributed by atoms with Crippen LogP contribution in [0.25, 0.3) is 0 Å². The molecule has 23 heavy (non-hydrogen) atoms. The summed E-state index contributed by atoms with van der Waals surface area (Å²) in [6.45, 7) is 0.443. The number of halogens is 1. The Morgan fingerprint density at radius 1 is 1.39 bits per heavy atom. The van der Waals surface area contributed by atoms with E-state index in [2.05, 4.69) is 26.2 Å². The Bertz CT molecular complexity index is 704. The number of nitrogens with two attached hydrogens (primary N) is 1. The van der Waals surface area contributed by atoms with E-state index in [0.717, 1.165) is 17.3 Å². The topological polar surface area (TPSA) is 77.2 Å². The Labute approximate surface area is 143 Å². The monoisotopic (exact) mass is 375 g/mol. The van der Waals surface area contributed by atoms with Crippen molar-refractivity contribution in [2.45, 2.75) is 18.9 Å².